The number of aliphatic hydroxyl groups is 1. The van der Waals surface area contributed by atoms with Gasteiger partial charge < -0.3 is 9.84 Å². The number of morpholine rings is 1. The van der Waals surface area contributed by atoms with E-state index in [9.17, 15) is 18.3 Å². The third-order valence-electron chi connectivity index (χ3n) is 2.95. The molecule has 1 aliphatic rings. The van der Waals surface area contributed by atoms with Gasteiger partial charge in [0.2, 0.25) is 0 Å². The van der Waals surface area contributed by atoms with E-state index in [0.717, 1.165) is 10.7 Å². The maximum atomic E-state index is 12.4. The Bertz CT molecular complexity index is 424. The molecule has 0 radical (unpaired) electrons. The largest absolute Gasteiger partial charge is 0.415 e. The Morgan fingerprint density at radius 3 is 2.95 bits per heavy atom. The summed E-state index contributed by atoms with van der Waals surface area (Å²) < 4.78 is 42.6. The van der Waals surface area contributed by atoms with Gasteiger partial charge in [0.15, 0.2) is 6.10 Å². The summed E-state index contributed by atoms with van der Waals surface area (Å²) in [4.78, 5) is 5.87. The molecule has 0 bridgehead atoms. The Morgan fingerprint density at radius 2 is 2.37 bits per heavy atom. The van der Waals surface area contributed by atoms with Crippen LogP contribution in [0.1, 0.15) is 16.7 Å². The number of halogens is 3. The molecule has 2 rings (SSSR count). The standard InChI is InChI=1S/C11H15F3N2O2S/c1-7-6-19-10(15-7)8-5-18-3-2-16(8)4-9(17)11(12,13)14/h6,8-9,17H,2-5H2,1H3/t8-,9+/m0/s1. The first-order chi connectivity index (χ1) is 8.88. The van der Waals surface area contributed by atoms with Crippen molar-refractivity contribution in [2.45, 2.75) is 25.2 Å². The second-order valence-corrected chi connectivity index (χ2v) is 5.36. The Labute approximate surface area is 112 Å². The summed E-state index contributed by atoms with van der Waals surface area (Å²) >= 11 is 1.40. The highest BCUT2D eigenvalue weighted by atomic mass is 32.1. The van der Waals surface area contributed by atoms with Crippen LogP contribution in [0.3, 0.4) is 0 Å². The van der Waals surface area contributed by atoms with Crippen LogP contribution in [0.5, 0.6) is 0 Å². The molecule has 4 nitrogen and oxygen atoms in total. The van der Waals surface area contributed by atoms with Gasteiger partial charge in [0.25, 0.3) is 0 Å². The SMILES string of the molecule is Cc1csc([C@@H]2COCCN2C[C@@H](O)C(F)(F)F)n1. The third-order valence-corrected chi connectivity index (χ3v) is 4.01. The van der Waals surface area contributed by atoms with Crippen LogP contribution in [0.2, 0.25) is 0 Å². The lowest BCUT2D eigenvalue weighted by atomic mass is 10.2. The first-order valence-electron chi connectivity index (χ1n) is 5.86. The fraction of sp³-hybridized carbons (Fsp3) is 0.727. The van der Waals surface area contributed by atoms with Gasteiger partial charge in [-0.2, -0.15) is 13.2 Å². The Morgan fingerprint density at radius 1 is 1.63 bits per heavy atom. The first-order valence-corrected chi connectivity index (χ1v) is 6.74. The number of alkyl halides is 3. The fourth-order valence-corrected chi connectivity index (χ4v) is 2.85. The van der Waals surface area contributed by atoms with Crippen LogP contribution in [0.25, 0.3) is 0 Å². The predicted molar refractivity (Wildman–Crippen MR) is 64.0 cm³/mol. The molecule has 1 aliphatic heterocycles. The summed E-state index contributed by atoms with van der Waals surface area (Å²) in [6.45, 7) is 2.41. The number of hydrogen-bond acceptors (Lipinski definition) is 5. The van der Waals surface area contributed by atoms with Gasteiger partial charge >= 0.3 is 6.18 Å². The lowest BCUT2D eigenvalue weighted by molar-refractivity contribution is -0.212. The molecule has 2 heterocycles. The number of thiazole rings is 1. The normalized spacial score (nSPS) is 23.5. The summed E-state index contributed by atoms with van der Waals surface area (Å²) in [6.07, 6.45) is -6.93. The van der Waals surface area contributed by atoms with Crippen LogP contribution >= 0.6 is 11.3 Å². The molecule has 1 fully saturated rings. The molecule has 1 aromatic rings. The molecular weight excluding hydrogens is 281 g/mol. The molecule has 2 atom stereocenters. The van der Waals surface area contributed by atoms with E-state index in [1.165, 1.54) is 11.3 Å². The van der Waals surface area contributed by atoms with E-state index in [2.05, 4.69) is 4.98 Å². The minimum atomic E-state index is -4.60. The number of hydrogen-bond donors (Lipinski definition) is 1. The first kappa shape index (κ1) is 14.7. The number of aromatic nitrogens is 1. The number of rotatable bonds is 3. The van der Waals surface area contributed by atoms with Crippen LogP contribution in [-0.2, 0) is 4.74 Å². The highest BCUT2D eigenvalue weighted by Gasteiger charge is 2.41. The molecule has 0 saturated carbocycles. The molecule has 19 heavy (non-hydrogen) atoms. The Kier molecular flexibility index (Phi) is 4.44. The lowest BCUT2D eigenvalue weighted by Gasteiger charge is -2.35. The van der Waals surface area contributed by atoms with Gasteiger partial charge in [0.1, 0.15) is 5.01 Å². The average molecular weight is 296 g/mol. The minimum Gasteiger partial charge on any atom is -0.382 e. The molecule has 1 N–H and O–H groups in total. The van der Waals surface area contributed by atoms with Gasteiger partial charge in [-0.3, -0.25) is 4.90 Å². The second-order valence-electron chi connectivity index (χ2n) is 4.47. The van der Waals surface area contributed by atoms with Crippen molar-refractivity contribution in [3.63, 3.8) is 0 Å². The van der Waals surface area contributed by atoms with Crippen molar-refractivity contribution in [1.29, 1.82) is 0 Å². The molecule has 1 saturated heterocycles. The van der Waals surface area contributed by atoms with Crippen molar-refractivity contribution in [2.75, 3.05) is 26.3 Å². The number of β-amino-alcohol motifs (C(OH)–C–C–N with tert-alkyl or cyclic N) is 1. The zero-order chi connectivity index (χ0) is 14.0. The predicted octanol–water partition coefficient (Wildman–Crippen LogP) is 1.75. The van der Waals surface area contributed by atoms with Gasteiger partial charge in [0.05, 0.1) is 19.3 Å². The average Bonchev–Trinajstić information content (AvgIpc) is 2.75. The molecule has 0 amide bonds. The zero-order valence-corrected chi connectivity index (χ0v) is 11.2. The molecule has 0 aromatic carbocycles. The van der Waals surface area contributed by atoms with Crippen molar-refractivity contribution in [3.05, 3.63) is 16.1 Å². The molecule has 108 valence electrons. The van der Waals surface area contributed by atoms with E-state index in [1.807, 2.05) is 12.3 Å². The van der Waals surface area contributed by atoms with E-state index < -0.39 is 18.8 Å². The van der Waals surface area contributed by atoms with Crippen molar-refractivity contribution in [3.8, 4) is 0 Å². The van der Waals surface area contributed by atoms with Gasteiger partial charge in [-0.15, -0.1) is 11.3 Å². The maximum Gasteiger partial charge on any atom is 0.415 e. The van der Waals surface area contributed by atoms with E-state index in [-0.39, 0.29) is 6.04 Å². The molecule has 0 spiro atoms. The molecule has 1 aromatic heterocycles. The smallest absolute Gasteiger partial charge is 0.382 e. The second kappa shape index (κ2) is 5.74. The third kappa shape index (κ3) is 3.65. The minimum absolute atomic E-state index is 0.303. The number of nitrogens with zero attached hydrogens (tertiary/aromatic N) is 2. The fourth-order valence-electron chi connectivity index (χ4n) is 1.93. The van der Waals surface area contributed by atoms with Crippen LogP contribution in [0, 0.1) is 6.92 Å². The van der Waals surface area contributed by atoms with Crippen molar-refractivity contribution >= 4 is 11.3 Å². The van der Waals surface area contributed by atoms with Gasteiger partial charge in [-0.25, -0.2) is 4.98 Å². The van der Waals surface area contributed by atoms with Crippen LogP contribution in [-0.4, -0.2) is 53.6 Å². The maximum absolute atomic E-state index is 12.4. The molecule has 8 heteroatoms. The topological polar surface area (TPSA) is 45.6 Å². The summed E-state index contributed by atoms with van der Waals surface area (Å²) in [5.41, 5.74) is 0.835. The Hall–Kier alpha value is -0.700. The van der Waals surface area contributed by atoms with Crippen molar-refractivity contribution < 1.29 is 23.0 Å². The lowest BCUT2D eigenvalue weighted by Crippen LogP contribution is -2.47. The van der Waals surface area contributed by atoms with E-state index in [4.69, 9.17) is 4.74 Å². The van der Waals surface area contributed by atoms with Crippen molar-refractivity contribution in [1.82, 2.24) is 9.88 Å². The van der Waals surface area contributed by atoms with E-state index in [1.54, 1.807) is 4.90 Å². The highest BCUT2D eigenvalue weighted by Crippen LogP contribution is 2.29. The molecular formula is C11H15F3N2O2S. The van der Waals surface area contributed by atoms with Gasteiger partial charge in [-0.1, -0.05) is 0 Å². The summed E-state index contributed by atoms with van der Waals surface area (Å²) in [6, 6.07) is -0.315. The monoisotopic (exact) mass is 296 g/mol. The summed E-state index contributed by atoms with van der Waals surface area (Å²) in [7, 11) is 0. The molecule has 0 unspecified atom stereocenters. The molecule has 0 aliphatic carbocycles. The number of aryl methyl sites for hydroxylation is 1. The van der Waals surface area contributed by atoms with E-state index >= 15 is 0 Å². The zero-order valence-electron chi connectivity index (χ0n) is 10.4. The van der Waals surface area contributed by atoms with Gasteiger partial charge in [0, 0.05) is 24.2 Å². The number of aliphatic hydroxyl groups excluding tert-OH is 1. The van der Waals surface area contributed by atoms with Crippen molar-refractivity contribution in [2.24, 2.45) is 0 Å². The van der Waals surface area contributed by atoms with Crippen LogP contribution in [0.15, 0.2) is 5.38 Å². The van der Waals surface area contributed by atoms with Crippen LogP contribution < -0.4 is 0 Å². The quantitative estimate of drug-likeness (QED) is 0.923. The Balaban J connectivity index is 2.08. The summed E-state index contributed by atoms with van der Waals surface area (Å²) in [5, 5.41) is 11.8. The summed E-state index contributed by atoms with van der Waals surface area (Å²) in [5.74, 6) is 0. The highest BCUT2D eigenvalue weighted by molar-refractivity contribution is 7.09. The van der Waals surface area contributed by atoms with E-state index in [0.29, 0.717) is 19.8 Å². The van der Waals surface area contributed by atoms with Crippen LogP contribution in [0.4, 0.5) is 13.2 Å². The van der Waals surface area contributed by atoms with Gasteiger partial charge in [-0.05, 0) is 6.92 Å². The number of ether oxygens (including phenoxy) is 1.